The van der Waals surface area contributed by atoms with Gasteiger partial charge in [0.1, 0.15) is 0 Å². The summed E-state index contributed by atoms with van der Waals surface area (Å²) in [5, 5.41) is 9.40. The quantitative estimate of drug-likeness (QED) is 0.603. The van der Waals surface area contributed by atoms with Crippen molar-refractivity contribution in [2.45, 2.75) is 6.42 Å². The van der Waals surface area contributed by atoms with Gasteiger partial charge in [-0.15, -0.1) is 0 Å². The molecule has 0 atom stereocenters. The highest BCUT2D eigenvalue weighted by molar-refractivity contribution is 6.33. The van der Waals surface area contributed by atoms with Gasteiger partial charge in [0.15, 0.2) is 0 Å². The van der Waals surface area contributed by atoms with Crippen LogP contribution in [-0.4, -0.2) is 0 Å². The molecule has 13 heavy (non-hydrogen) atoms. The third-order valence-corrected chi connectivity index (χ3v) is 1.88. The van der Waals surface area contributed by atoms with E-state index in [1.165, 1.54) is 0 Å². The number of rotatable bonds is 0. The molecule has 64 valence electrons. The molecule has 0 unspecified atom stereocenters. The van der Waals surface area contributed by atoms with Gasteiger partial charge in [-0.1, -0.05) is 35.0 Å². The van der Waals surface area contributed by atoms with Gasteiger partial charge in [-0.25, -0.2) is 0 Å². The van der Waals surface area contributed by atoms with Gasteiger partial charge in [0.25, 0.3) is 0 Å². The van der Waals surface area contributed by atoms with E-state index in [1.807, 2.05) is 6.07 Å². The van der Waals surface area contributed by atoms with Crippen LogP contribution in [0, 0.1) is 23.2 Å². The molecule has 0 aromatic heterocycles. The Balaban J connectivity index is 2.97. The molecule has 0 fully saturated rings. The molecule has 1 aromatic rings. The van der Waals surface area contributed by atoms with Crippen LogP contribution in [0.2, 0.25) is 10.0 Å². The van der Waals surface area contributed by atoms with Crippen LogP contribution < -0.4 is 0 Å². The van der Waals surface area contributed by atoms with E-state index in [1.54, 1.807) is 18.2 Å². The van der Waals surface area contributed by atoms with E-state index in [4.69, 9.17) is 28.5 Å². The lowest BCUT2D eigenvalue weighted by Gasteiger charge is -1.94. The summed E-state index contributed by atoms with van der Waals surface area (Å²) >= 11 is 11.6. The molecule has 1 nitrogen and oxygen atoms in total. The van der Waals surface area contributed by atoms with Crippen LogP contribution >= 0.6 is 23.2 Å². The van der Waals surface area contributed by atoms with Crippen LogP contribution in [0.3, 0.4) is 0 Å². The van der Waals surface area contributed by atoms with Crippen molar-refractivity contribution in [2.75, 3.05) is 0 Å². The first-order chi connectivity index (χ1) is 6.24. The Bertz CT molecular complexity index is 407. The van der Waals surface area contributed by atoms with Gasteiger partial charge in [0.2, 0.25) is 0 Å². The average molecular weight is 210 g/mol. The number of benzene rings is 1. The number of hydrogen-bond acceptors (Lipinski definition) is 1. The molecular weight excluding hydrogens is 205 g/mol. The summed E-state index contributed by atoms with van der Waals surface area (Å²) in [5.41, 5.74) is 0.657. The maximum absolute atomic E-state index is 8.26. The largest absolute Gasteiger partial charge is 0.197 e. The van der Waals surface area contributed by atoms with Crippen LogP contribution in [0.5, 0.6) is 0 Å². The van der Waals surface area contributed by atoms with Crippen molar-refractivity contribution < 1.29 is 0 Å². The number of nitriles is 1. The Hall–Kier alpha value is -1.15. The summed E-state index contributed by atoms with van der Waals surface area (Å²) in [6, 6.07) is 6.97. The lowest BCUT2D eigenvalue weighted by Crippen LogP contribution is -1.76. The molecule has 0 bridgehead atoms. The zero-order valence-corrected chi connectivity index (χ0v) is 8.15. The second-order valence-corrected chi connectivity index (χ2v) is 3.10. The lowest BCUT2D eigenvalue weighted by atomic mass is 10.2. The summed E-state index contributed by atoms with van der Waals surface area (Å²) < 4.78 is 0. The van der Waals surface area contributed by atoms with Gasteiger partial charge in [0, 0.05) is 10.6 Å². The van der Waals surface area contributed by atoms with Gasteiger partial charge in [-0.2, -0.15) is 5.26 Å². The van der Waals surface area contributed by atoms with Crippen molar-refractivity contribution in [3.8, 4) is 17.9 Å². The van der Waals surface area contributed by atoms with Gasteiger partial charge in [0.05, 0.1) is 17.5 Å². The van der Waals surface area contributed by atoms with E-state index >= 15 is 0 Å². The minimum atomic E-state index is 0.197. The normalized spacial score (nSPS) is 8.38. The van der Waals surface area contributed by atoms with Crippen molar-refractivity contribution in [3.63, 3.8) is 0 Å². The molecule has 1 aromatic carbocycles. The first-order valence-corrected chi connectivity index (χ1v) is 4.30. The molecule has 3 heteroatoms. The van der Waals surface area contributed by atoms with Crippen molar-refractivity contribution in [3.05, 3.63) is 33.8 Å². The summed E-state index contributed by atoms with van der Waals surface area (Å²) in [5.74, 6) is 5.43. The fourth-order valence-corrected chi connectivity index (χ4v) is 1.11. The zero-order chi connectivity index (χ0) is 9.68. The van der Waals surface area contributed by atoms with Crippen LogP contribution in [0.1, 0.15) is 12.0 Å². The average Bonchev–Trinajstić information content (AvgIpc) is 2.11. The van der Waals surface area contributed by atoms with Crippen molar-refractivity contribution in [2.24, 2.45) is 0 Å². The Morgan fingerprint density at radius 3 is 2.77 bits per heavy atom. The smallest absolute Gasteiger partial charge is 0.0966 e. The Kier molecular flexibility index (Phi) is 3.65. The molecule has 0 spiro atoms. The van der Waals surface area contributed by atoms with E-state index < -0.39 is 0 Å². The Morgan fingerprint density at radius 1 is 1.31 bits per heavy atom. The first-order valence-electron chi connectivity index (χ1n) is 3.55. The van der Waals surface area contributed by atoms with Gasteiger partial charge in [-0.3, -0.25) is 0 Å². The van der Waals surface area contributed by atoms with E-state index in [0.717, 1.165) is 0 Å². The maximum atomic E-state index is 8.26. The number of halogens is 2. The molecular formula is C10H5Cl2N. The standard InChI is InChI=1S/C10H5Cl2N/c11-9-4-5-10(12)8(7-9)3-1-2-6-13/h4-5,7H,2H2. The predicted octanol–water partition coefficient (Wildman–Crippen LogP) is 3.26. The molecule has 0 aliphatic carbocycles. The van der Waals surface area contributed by atoms with E-state index in [9.17, 15) is 0 Å². The van der Waals surface area contributed by atoms with Crippen LogP contribution in [0.25, 0.3) is 0 Å². The van der Waals surface area contributed by atoms with E-state index in [2.05, 4.69) is 11.8 Å². The monoisotopic (exact) mass is 209 g/mol. The molecule has 0 saturated carbocycles. The second-order valence-electron chi connectivity index (χ2n) is 2.26. The van der Waals surface area contributed by atoms with Gasteiger partial charge >= 0.3 is 0 Å². The maximum Gasteiger partial charge on any atom is 0.0966 e. The summed E-state index contributed by atoms with van der Waals surface area (Å²) in [6.45, 7) is 0. The molecule has 0 amide bonds. The second kappa shape index (κ2) is 4.77. The van der Waals surface area contributed by atoms with Crippen LogP contribution in [0.4, 0.5) is 0 Å². The van der Waals surface area contributed by atoms with Crippen molar-refractivity contribution in [1.82, 2.24) is 0 Å². The summed E-state index contributed by atoms with van der Waals surface area (Å²) in [4.78, 5) is 0. The minimum absolute atomic E-state index is 0.197. The predicted molar refractivity (Wildman–Crippen MR) is 53.6 cm³/mol. The SMILES string of the molecule is N#CCC#Cc1cc(Cl)ccc1Cl. The first kappa shape index (κ1) is 9.93. The minimum Gasteiger partial charge on any atom is -0.197 e. The summed E-state index contributed by atoms with van der Waals surface area (Å²) in [6.07, 6.45) is 0.197. The molecule has 0 N–H and O–H groups in total. The van der Waals surface area contributed by atoms with Crippen molar-refractivity contribution >= 4 is 23.2 Å². The highest BCUT2D eigenvalue weighted by atomic mass is 35.5. The van der Waals surface area contributed by atoms with Crippen LogP contribution in [0.15, 0.2) is 18.2 Å². The molecule has 0 aliphatic heterocycles. The van der Waals surface area contributed by atoms with Gasteiger partial charge < -0.3 is 0 Å². The lowest BCUT2D eigenvalue weighted by molar-refractivity contribution is 1.39. The Labute approximate surface area is 86.9 Å². The third-order valence-electron chi connectivity index (χ3n) is 1.32. The zero-order valence-electron chi connectivity index (χ0n) is 6.64. The molecule has 0 aliphatic rings. The van der Waals surface area contributed by atoms with E-state index in [-0.39, 0.29) is 6.42 Å². The number of nitrogens with zero attached hydrogens (tertiary/aromatic N) is 1. The highest BCUT2D eigenvalue weighted by Gasteiger charge is 1.96. The molecule has 0 radical (unpaired) electrons. The summed E-state index contributed by atoms with van der Waals surface area (Å²) in [7, 11) is 0. The van der Waals surface area contributed by atoms with Crippen molar-refractivity contribution in [1.29, 1.82) is 5.26 Å². The van der Waals surface area contributed by atoms with Crippen LogP contribution in [-0.2, 0) is 0 Å². The highest BCUT2D eigenvalue weighted by Crippen LogP contribution is 2.19. The fourth-order valence-electron chi connectivity index (χ4n) is 0.772. The van der Waals surface area contributed by atoms with Gasteiger partial charge in [-0.05, 0) is 18.2 Å². The Morgan fingerprint density at radius 2 is 2.08 bits per heavy atom. The number of hydrogen-bond donors (Lipinski definition) is 0. The third kappa shape index (κ3) is 2.99. The topological polar surface area (TPSA) is 23.8 Å². The molecule has 0 saturated heterocycles. The molecule has 1 rings (SSSR count). The molecule has 0 heterocycles. The van der Waals surface area contributed by atoms with E-state index in [0.29, 0.717) is 15.6 Å². The fraction of sp³-hybridized carbons (Fsp3) is 0.100.